The van der Waals surface area contributed by atoms with Crippen molar-refractivity contribution in [1.29, 1.82) is 0 Å². The summed E-state index contributed by atoms with van der Waals surface area (Å²) in [5.41, 5.74) is 4.33. The molecule has 0 unspecified atom stereocenters. The highest BCUT2D eigenvalue weighted by Crippen LogP contribution is 2.28. The maximum Gasteiger partial charge on any atom is 0.0871 e. The monoisotopic (exact) mass is 274 g/mol. The lowest BCUT2D eigenvalue weighted by Crippen LogP contribution is -1.95. The van der Waals surface area contributed by atoms with Crippen molar-refractivity contribution < 1.29 is 0 Å². The van der Waals surface area contributed by atoms with Crippen molar-refractivity contribution in [3.05, 3.63) is 55.1 Å². The predicted molar refractivity (Wildman–Crippen MR) is 83.9 cm³/mol. The summed E-state index contributed by atoms with van der Waals surface area (Å²) in [6.07, 6.45) is 7.49. The fourth-order valence-corrected chi connectivity index (χ4v) is 2.70. The number of hydrogen-bond donors (Lipinski definition) is 0. The van der Waals surface area contributed by atoms with Crippen molar-refractivity contribution in [3.8, 4) is 11.1 Å². The first-order valence-corrected chi connectivity index (χ1v) is 7.01. The van der Waals surface area contributed by atoms with E-state index >= 15 is 0 Å². The molecule has 0 aliphatic carbocycles. The van der Waals surface area contributed by atoms with E-state index in [-0.39, 0.29) is 0 Å². The van der Waals surface area contributed by atoms with Gasteiger partial charge in [-0.15, -0.1) is 0 Å². The molecule has 0 N–H and O–H groups in total. The van der Waals surface area contributed by atoms with Gasteiger partial charge in [-0.2, -0.15) is 5.10 Å². The highest BCUT2D eigenvalue weighted by molar-refractivity contribution is 6.05. The van der Waals surface area contributed by atoms with Crippen LogP contribution in [0.4, 0.5) is 0 Å². The summed E-state index contributed by atoms with van der Waals surface area (Å²) in [5.74, 6) is 0. The molecule has 0 radical (unpaired) electrons. The lowest BCUT2D eigenvalue weighted by Gasteiger charge is -2.05. The van der Waals surface area contributed by atoms with Gasteiger partial charge in [0.25, 0.3) is 0 Å². The third kappa shape index (κ3) is 1.88. The quantitative estimate of drug-likeness (QED) is 0.560. The van der Waals surface area contributed by atoms with E-state index in [9.17, 15) is 0 Å². The SMILES string of the molecule is CCn1ncc2c3cc(-c4cccnc4)ccc3ncc21. The third-order valence-electron chi connectivity index (χ3n) is 3.79. The van der Waals surface area contributed by atoms with Gasteiger partial charge < -0.3 is 0 Å². The van der Waals surface area contributed by atoms with E-state index in [1.54, 1.807) is 6.20 Å². The normalized spacial score (nSPS) is 11.3. The second-order valence-corrected chi connectivity index (χ2v) is 4.99. The Kier molecular flexibility index (Phi) is 2.67. The van der Waals surface area contributed by atoms with Crippen LogP contribution >= 0.6 is 0 Å². The highest BCUT2D eigenvalue weighted by Gasteiger charge is 2.08. The van der Waals surface area contributed by atoms with Crippen molar-refractivity contribution in [2.45, 2.75) is 13.5 Å². The van der Waals surface area contributed by atoms with Crippen molar-refractivity contribution >= 4 is 21.8 Å². The molecule has 4 heteroatoms. The smallest absolute Gasteiger partial charge is 0.0871 e. The molecule has 0 amide bonds. The van der Waals surface area contributed by atoms with Crippen LogP contribution < -0.4 is 0 Å². The minimum absolute atomic E-state index is 0.846. The van der Waals surface area contributed by atoms with E-state index in [4.69, 9.17) is 0 Å². The van der Waals surface area contributed by atoms with Crippen LogP contribution in [0.2, 0.25) is 0 Å². The molecule has 0 aliphatic rings. The zero-order chi connectivity index (χ0) is 14.2. The molecule has 3 heterocycles. The number of aromatic nitrogens is 4. The number of fused-ring (bicyclic) bond motifs is 3. The number of aryl methyl sites for hydroxylation is 1. The first-order chi connectivity index (χ1) is 10.4. The van der Waals surface area contributed by atoms with E-state index < -0.39 is 0 Å². The summed E-state index contributed by atoms with van der Waals surface area (Å²) < 4.78 is 1.97. The molecule has 4 rings (SSSR count). The summed E-state index contributed by atoms with van der Waals surface area (Å²) in [6, 6.07) is 10.3. The van der Waals surface area contributed by atoms with Gasteiger partial charge in [-0.05, 0) is 30.7 Å². The molecule has 102 valence electrons. The molecule has 0 atom stereocenters. The first-order valence-electron chi connectivity index (χ1n) is 7.01. The Morgan fingerprint density at radius 2 is 1.95 bits per heavy atom. The van der Waals surface area contributed by atoms with Crippen LogP contribution in [0.15, 0.2) is 55.1 Å². The van der Waals surface area contributed by atoms with Crippen LogP contribution in [-0.2, 0) is 6.54 Å². The van der Waals surface area contributed by atoms with E-state index in [0.717, 1.165) is 39.5 Å². The van der Waals surface area contributed by atoms with Crippen LogP contribution in [0.3, 0.4) is 0 Å². The maximum atomic E-state index is 4.55. The van der Waals surface area contributed by atoms with Gasteiger partial charge >= 0.3 is 0 Å². The minimum atomic E-state index is 0.846. The summed E-state index contributed by atoms with van der Waals surface area (Å²) in [4.78, 5) is 8.74. The average Bonchev–Trinajstić information content (AvgIpc) is 2.98. The number of rotatable bonds is 2. The summed E-state index contributed by atoms with van der Waals surface area (Å²) in [5, 5.41) is 6.71. The molecule has 3 aromatic heterocycles. The molecule has 0 fully saturated rings. The number of nitrogens with zero attached hydrogens (tertiary/aromatic N) is 4. The van der Waals surface area contributed by atoms with Crippen LogP contribution in [0.25, 0.3) is 32.9 Å². The van der Waals surface area contributed by atoms with Crippen LogP contribution in [0.1, 0.15) is 6.92 Å². The molecule has 0 saturated carbocycles. The average molecular weight is 274 g/mol. The first kappa shape index (κ1) is 12.0. The Morgan fingerprint density at radius 3 is 2.76 bits per heavy atom. The van der Waals surface area contributed by atoms with Crippen molar-refractivity contribution in [2.24, 2.45) is 0 Å². The van der Waals surface area contributed by atoms with Gasteiger partial charge in [-0.25, -0.2) is 0 Å². The zero-order valence-electron chi connectivity index (χ0n) is 11.7. The fourth-order valence-electron chi connectivity index (χ4n) is 2.70. The number of hydrogen-bond acceptors (Lipinski definition) is 3. The van der Waals surface area contributed by atoms with Gasteiger partial charge in [-0.3, -0.25) is 14.6 Å². The Balaban J connectivity index is 2.01. The van der Waals surface area contributed by atoms with Gasteiger partial charge in [0.1, 0.15) is 0 Å². The Labute approximate surface area is 122 Å². The highest BCUT2D eigenvalue weighted by atomic mass is 15.3. The number of benzene rings is 1. The van der Waals surface area contributed by atoms with Crippen LogP contribution in [0.5, 0.6) is 0 Å². The summed E-state index contributed by atoms with van der Waals surface area (Å²) in [6.45, 7) is 2.93. The largest absolute Gasteiger partial charge is 0.264 e. The van der Waals surface area contributed by atoms with Gasteiger partial charge in [-0.1, -0.05) is 12.1 Å². The standard InChI is InChI=1S/C17H14N4/c1-2-21-17-11-19-16-6-5-12(13-4-3-7-18-9-13)8-14(16)15(17)10-20-21/h3-11H,2H2,1H3. The molecule has 0 aliphatic heterocycles. The molecule has 0 bridgehead atoms. The Morgan fingerprint density at radius 1 is 1.00 bits per heavy atom. The second kappa shape index (κ2) is 4.66. The van der Waals surface area contributed by atoms with E-state index in [1.807, 2.05) is 29.3 Å². The predicted octanol–water partition coefficient (Wildman–Crippen LogP) is 3.67. The molecule has 0 spiro atoms. The van der Waals surface area contributed by atoms with Crippen LogP contribution in [-0.4, -0.2) is 19.7 Å². The molecule has 1 aromatic carbocycles. The molecule has 4 aromatic rings. The van der Waals surface area contributed by atoms with Gasteiger partial charge in [0, 0.05) is 35.3 Å². The third-order valence-corrected chi connectivity index (χ3v) is 3.79. The van der Waals surface area contributed by atoms with Gasteiger partial charge in [0.15, 0.2) is 0 Å². The van der Waals surface area contributed by atoms with E-state index in [1.165, 1.54) is 0 Å². The second-order valence-electron chi connectivity index (χ2n) is 4.99. The van der Waals surface area contributed by atoms with Crippen molar-refractivity contribution in [3.63, 3.8) is 0 Å². The van der Waals surface area contributed by atoms with Gasteiger partial charge in [0.05, 0.1) is 23.4 Å². The minimum Gasteiger partial charge on any atom is -0.264 e. The Hall–Kier alpha value is -2.75. The molecule has 21 heavy (non-hydrogen) atoms. The molecular formula is C17H14N4. The van der Waals surface area contributed by atoms with Crippen molar-refractivity contribution in [2.75, 3.05) is 0 Å². The summed E-state index contributed by atoms with van der Waals surface area (Å²) in [7, 11) is 0. The van der Waals surface area contributed by atoms with E-state index in [0.29, 0.717) is 0 Å². The van der Waals surface area contributed by atoms with Crippen molar-refractivity contribution in [1.82, 2.24) is 19.7 Å². The Bertz CT molecular complexity index is 925. The number of pyridine rings is 2. The molecular weight excluding hydrogens is 260 g/mol. The van der Waals surface area contributed by atoms with E-state index in [2.05, 4.69) is 46.3 Å². The zero-order valence-corrected chi connectivity index (χ0v) is 11.7. The lowest BCUT2D eigenvalue weighted by atomic mass is 10.0. The lowest BCUT2D eigenvalue weighted by molar-refractivity contribution is 0.683. The molecule has 4 nitrogen and oxygen atoms in total. The topological polar surface area (TPSA) is 43.6 Å². The van der Waals surface area contributed by atoms with Crippen LogP contribution in [0, 0.1) is 0 Å². The fraction of sp³-hybridized carbons (Fsp3) is 0.118. The molecule has 0 saturated heterocycles. The summed E-state index contributed by atoms with van der Waals surface area (Å²) >= 11 is 0. The maximum absolute atomic E-state index is 4.55. The van der Waals surface area contributed by atoms with Gasteiger partial charge in [0.2, 0.25) is 0 Å².